The first-order chi connectivity index (χ1) is 3.39. The highest BCUT2D eigenvalue weighted by atomic mass is 16.7. The molecule has 0 N–H and O–H groups in total. The largest absolute Gasteiger partial charge is 0.355 e. The van der Waals surface area contributed by atoms with Crippen molar-refractivity contribution in [3.05, 3.63) is 6.92 Å². The zero-order chi connectivity index (χ0) is 5.11. The predicted molar refractivity (Wildman–Crippen MR) is 25.7 cm³/mol. The SMILES string of the molecule is [CH2]C1CCOCO1. The Bertz CT molecular complexity index is 48.0. The first-order valence-corrected chi connectivity index (χ1v) is 2.42. The first-order valence-electron chi connectivity index (χ1n) is 2.42. The third kappa shape index (κ3) is 1.45. The molecule has 1 unspecified atom stereocenters. The Labute approximate surface area is 43.4 Å². The second-order valence-electron chi connectivity index (χ2n) is 1.60. The molecule has 41 valence electrons. The summed E-state index contributed by atoms with van der Waals surface area (Å²) in [5.41, 5.74) is 0. The molecule has 2 nitrogen and oxygen atoms in total. The highest BCUT2D eigenvalue weighted by Gasteiger charge is 2.06. The van der Waals surface area contributed by atoms with E-state index in [2.05, 4.69) is 6.92 Å². The summed E-state index contributed by atoms with van der Waals surface area (Å²) in [4.78, 5) is 0. The van der Waals surface area contributed by atoms with E-state index in [0.29, 0.717) is 6.79 Å². The van der Waals surface area contributed by atoms with Crippen LogP contribution in [-0.2, 0) is 9.47 Å². The standard InChI is InChI=1S/C5H9O2/c1-5-2-3-6-4-7-5/h5H,1-4H2. The van der Waals surface area contributed by atoms with Crippen LogP contribution in [0.5, 0.6) is 0 Å². The number of rotatable bonds is 0. The molecule has 1 heterocycles. The molecular weight excluding hydrogens is 92.1 g/mol. The summed E-state index contributed by atoms with van der Waals surface area (Å²) in [5.74, 6) is 0. The molecule has 1 saturated heterocycles. The average Bonchev–Trinajstić information content (AvgIpc) is 1.69. The van der Waals surface area contributed by atoms with Gasteiger partial charge in [-0.15, -0.1) is 0 Å². The summed E-state index contributed by atoms with van der Waals surface area (Å²) < 4.78 is 9.82. The normalized spacial score (nSPS) is 33.0. The molecule has 0 bridgehead atoms. The summed E-state index contributed by atoms with van der Waals surface area (Å²) in [5, 5.41) is 0. The molecular formula is C5H9O2. The zero-order valence-corrected chi connectivity index (χ0v) is 4.22. The Hall–Kier alpha value is -0.0800. The fourth-order valence-corrected chi connectivity index (χ4v) is 0.501. The van der Waals surface area contributed by atoms with E-state index in [0.717, 1.165) is 13.0 Å². The first kappa shape index (κ1) is 5.06. The lowest BCUT2D eigenvalue weighted by molar-refractivity contribution is -0.124. The lowest BCUT2D eigenvalue weighted by atomic mass is 10.3. The Morgan fingerprint density at radius 3 is 2.71 bits per heavy atom. The van der Waals surface area contributed by atoms with Crippen molar-refractivity contribution in [3.63, 3.8) is 0 Å². The van der Waals surface area contributed by atoms with Gasteiger partial charge in [0.2, 0.25) is 0 Å². The van der Waals surface area contributed by atoms with E-state index in [1.807, 2.05) is 0 Å². The van der Waals surface area contributed by atoms with Crippen LogP contribution in [0, 0.1) is 6.92 Å². The Balaban J connectivity index is 2.12. The van der Waals surface area contributed by atoms with Crippen molar-refractivity contribution in [1.82, 2.24) is 0 Å². The molecule has 2 heteroatoms. The van der Waals surface area contributed by atoms with Crippen molar-refractivity contribution in [2.24, 2.45) is 0 Å². The van der Waals surface area contributed by atoms with Crippen molar-refractivity contribution in [3.8, 4) is 0 Å². The highest BCUT2D eigenvalue weighted by Crippen LogP contribution is 2.02. The van der Waals surface area contributed by atoms with Crippen LogP contribution in [0.15, 0.2) is 0 Å². The van der Waals surface area contributed by atoms with Crippen LogP contribution in [0.25, 0.3) is 0 Å². The van der Waals surface area contributed by atoms with E-state index < -0.39 is 0 Å². The number of hydrogen-bond acceptors (Lipinski definition) is 2. The lowest BCUT2D eigenvalue weighted by Crippen LogP contribution is -2.20. The Morgan fingerprint density at radius 1 is 1.57 bits per heavy atom. The van der Waals surface area contributed by atoms with Gasteiger partial charge >= 0.3 is 0 Å². The van der Waals surface area contributed by atoms with Crippen LogP contribution in [0.1, 0.15) is 6.42 Å². The number of hydrogen-bond donors (Lipinski definition) is 0. The molecule has 1 radical (unpaired) electrons. The minimum Gasteiger partial charge on any atom is -0.355 e. The van der Waals surface area contributed by atoms with Gasteiger partial charge in [-0.1, -0.05) is 0 Å². The average molecular weight is 101 g/mol. The fraction of sp³-hybridized carbons (Fsp3) is 0.800. The molecule has 1 aliphatic heterocycles. The van der Waals surface area contributed by atoms with E-state index in [1.165, 1.54) is 0 Å². The molecule has 0 aromatic rings. The van der Waals surface area contributed by atoms with Gasteiger partial charge < -0.3 is 9.47 Å². The highest BCUT2D eigenvalue weighted by molar-refractivity contribution is 4.59. The quantitative estimate of drug-likeness (QED) is 0.444. The van der Waals surface area contributed by atoms with Gasteiger partial charge in [-0.3, -0.25) is 0 Å². The second-order valence-corrected chi connectivity index (χ2v) is 1.60. The summed E-state index contributed by atoms with van der Waals surface area (Å²) in [7, 11) is 0. The van der Waals surface area contributed by atoms with Crippen LogP contribution in [-0.4, -0.2) is 19.5 Å². The van der Waals surface area contributed by atoms with Crippen molar-refractivity contribution in [2.45, 2.75) is 12.5 Å². The maximum absolute atomic E-state index is 4.94. The minimum atomic E-state index is 0.161. The Morgan fingerprint density at radius 2 is 2.43 bits per heavy atom. The minimum absolute atomic E-state index is 0.161. The van der Waals surface area contributed by atoms with Crippen LogP contribution in [0.4, 0.5) is 0 Å². The summed E-state index contributed by atoms with van der Waals surface area (Å²) in [6.45, 7) is 4.92. The third-order valence-corrected chi connectivity index (χ3v) is 0.971. The van der Waals surface area contributed by atoms with Crippen molar-refractivity contribution >= 4 is 0 Å². The molecule has 1 fully saturated rings. The molecule has 1 rings (SSSR count). The summed E-state index contributed by atoms with van der Waals surface area (Å²) >= 11 is 0. The van der Waals surface area contributed by atoms with Crippen molar-refractivity contribution < 1.29 is 9.47 Å². The van der Waals surface area contributed by atoms with Crippen LogP contribution in [0.2, 0.25) is 0 Å². The zero-order valence-electron chi connectivity index (χ0n) is 4.22. The number of ether oxygens (including phenoxy) is 2. The molecule has 0 aromatic heterocycles. The predicted octanol–water partition coefficient (Wildman–Crippen LogP) is 0.583. The van der Waals surface area contributed by atoms with Gasteiger partial charge in [0.05, 0.1) is 12.7 Å². The fourth-order valence-electron chi connectivity index (χ4n) is 0.501. The van der Waals surface area contributed by atoms with Gasteiger partial charge in [0.15, 0.2) is 0 Å². The van der Waals surface area contributed by atoms with E-state index in [-0.39, 0.29) is 6.10 Å². The van der Waals surface area contributed by atoms with Gasteiger partial charge in [0.25, 0.3) is 0 Å². The van der Waals surface area contributed by atoms with E-state index in [4.69, 9.17) is 9.47 Å². The second kappa shape index (κ2) is 2.28. The van der Waals surface area contributed by atoms with Crippen LogP contribution >= 0.6 is 0 Å². The molecule has 1 atom stereocenters. The van der Waals surface area contributed by atoms with Crippen molar-refractivity contribution in [1.29, 1.82) is 0 Å². The van der Waals surface area contributed by atoms with E-state index in [9.17, 15) is 0 Å². The molecule has 0 saturated carbocycles. The molecule has 0 aromatic carbocycles. The molecule has 1 aliphatic rings. The molecule has 0 spiro atoms. The molecule has 0 amide bonds. The van der Waals surface area contributed by atoms with Gasteiger partial charge in [-0.05, 0) is 13.3 Å². The molecule has 7 heavy (non-hydrogen) atoms. The van der Waals surface area contributed by atoms with E-state index in [1.54, 1.807) is 0 Å². The van der Waals surface area contributed by atoms with Crippen LogP contribution in [0.3, 0.4) is 0 Å². The van der Waals surface area contributed by atoms with E-state index >= 15 is 0 Å². The Kier molecular flexibility index (Phi) is 1.65. The summed E-state index contributed by atoms with van der Waals surface area (Å²) in [6, 6.07) is 0. The molecule has 0 aliphatic carbocycles. The maximum Gasteiger partial charge on any atom is 0.147 e. The van der Waals surface area contributed by atoms with Gasteiger partial charge in [-0.2, -0.15) is 0 Å². The monoisotopic (exact) mass is 101 g/mol. The third-order valence-electron chi connectivity index (χ3n) is 0.971. The lowest BCUT2D eigenvalue weighted by Gasteiger charge is -2.17. The van der Waals surface area contributed by atoms with Crippen molar-refractivity contribution in [2.75, 3.05) is 13.4 Å². The maximum atomic E-state index is 4.94. The van der Waals surface area contributed by atoms with Gasteiger partial charge in [0.1, 0.15) is 6.79 Å². The topological polar surface area (TPSA) is 18.5 Å². The smallest absolute Gasteiger partial charge is 0.147 e. The van der Waals surface area contributed by atoms with Crippen LogP contribution < -0.4 is 0 Å². The van der Waals surface area contributed by atoms with Gasteiger partial charge in [-0.25, -0.2) is 0 Å². The van der Waals surface area contributed by atoms with Gasteiger partial charge in [0, 0.05) is 0 Å². The summed E-state index contributed by atoms with van der Waals surface area (Å²) in [6.07, 6.45) is 1.09.